The minimum atomic E-state index is -1.12. The Morgan fingerprint density at radius 1 is 1.39 bits per heavy atom. The minimum Gasteiger partial charge on any atom is -0.473 e. The maximum absolute atomic E-state index is 13.5. The summed E-state index contributed by atoms with van der Waals surface area (Å²) in [7, 11) is 0. The van der Waals surface area contributed by atoms with Gasteiger partial charge in [-0.25, -0.2) is 13.6 Å². The summed E-state index contributed by atoms with van der Waals surface area (Å²) in [5.41, 5.74) is 0.0844. The van der Waals surface area contributed by atoms with Gasteiger partial charge in [-0.15, -0.1) is 0 Å². The van der Waals surface area contributed by atoms with Gasteiger partial charge >= 0.3 is 5.97 Å². The van der Waals surface area contributed by atoms with Gasteiger partial charge in [-0.3, -0.25) is 0 Å². The predicted octanol–water partition coefficient (Wildman–Crippen LogP) is 1.79. The van der Waals surface area contributed by atoms with Crippen LogP contribution in [-0.2, 0) is 16.1 Å². The second-order valence-corrected chi connectivity index (χ2v) is 3.56. The van der Waals surface area contributed by atoms with E-state index >= 15 is 0 Å². The fourth-order valence-corrected chi connectivity index (χ4v) is 1.30. The van der Waals surface area contributed by atoms with Gasteiger partial charge in [0.15, 0.2) is 23.5 Å². The van der Waals surface area contributed by atoms with Crippen molar-refractivity contribution in [3.63, 3.8) is 0 Å². The van der Waals surface area contributed by atoms with E-state index in [9.17, 15) is 13.6 Å². The number of benzene rings is 1. The molecular weight excluding hydrogens is 246 g/mol. The molecule has 0 unspecified atom stereocenters. The normalized spacial score (nSPS) is 12.1. The fraction of sp³-hybridized carbons (Fsp3) is 0.417. The molecule has 0 bridgehead atoms. The van der Waals surface area contributed by atoms with Crippen LogP contribution in [0.2, 0.25) is 0 Å². The third kappa shape index (κ3) is 3.40. The Morgan fingerprint density at radius 3 is 2.39 bits per heavy atom. The number of halogens is 2. The van der Waals surface area contributed by atoms with Gasteiger partial charge in [0.25, 0.3) is 0 Å². The SMILES string of the molecule is CCOC(=O)[C@H](C)Oc1c(F)cc(CO)cc1F. The van der Waals surface area contributed by atoms with E-state index in [1.165, 1.54) is 6.92 Å². The average molecular weight is 260 g/mol. The van der Waals surface area contributed by atoms with Crippen LogP contribution in [0.15, 0.2) is 12.1 Å². The molecule has 1 N–H and O–H groups in total. The molecular formula is C12H14F2O4. The van der Waals surface area contributed by atoms with Crippen molar-refractivity contribution >= 4 is 5.97 Å². The molecule has 6 heteroatoms. The van der Waals surface area contributed by atoms with Crippen molar-refractivity contribution in [1.82, 2.24) is 0 Å². The zero-order valence-corrected chi connectivity index (χ0v) is 10.1. The van der Waals surface area contributed by atoms with Crippen LogP contribution in [0.1, 0.15) is 19.4 Å². The van der Waals surface area contributed by atoms with Gasteiger partial charge in [-0.1, -0.05) is 0 Å². The van der Waals surface area contributed by atoms with Crippen LogP contribution in [0.25, 0.3) is 0 Å². The standard InChI is InChI=1S/C12H14F2O4/c1-3-17-12(16)7(2)18-11-9(13)4-8(6-15)5-10(11)14/h4-5,7,15H,3,6H2,1-2H3/t7-/m0/s1. The van der Waals surface area contributed by atoms with Gasteiger partial charge in [-0.2, -0.15) is 0 Å². The highest BCUT2D eigenvalue weighted by Gasteiger charge is 2.21. The molecule has 0 aliphatic carbocycles. The predicted molar refractivity (Wildman–Crippen MR) is 59.0 cm³/mol. The Balaban J connectivity index is 2.88. The van der Waals surface area contributed by atoms with E-state index in [0.717, 1.165) is 12.1 Å². The van der Waals surface area contributed by atoms with Crippen LogP contribution < -0.4 is 4.74 Å². The van der Waals surface area contributed by atoms with Crippen molar-refractivity contribution in [3.8, 4) is 5.75 Å². The third-order valence-corrected chi connectivity index (χ3v) is 2.15. The van der Waals surface area contributed by atoms with Crippen molar-refractivity contribution in [2.75, 3.05) is 6.61 Å². The number of carbonyl (C=O) groups is 1. The van der Waals surface area contributed by atoms with E-state index < -0.39 is 36.1 Å². The van der Waals surface area contributed by atoms with Crippen molar-refractivity contribution in [2.45, 2.75) is 26.6 Å². The van der Waals surface area contributed by atoms with Crippen LogP contribution in [-0.4, -0.2) is 23.8 Å². The first-order chi connectivity index (χ1) is 8.49. The van der Waals surface area contributed by atoms with Crippen LogP contribution in [0.3, 0.4) is 0 Å². The topological polar surface area (TPSA) is 55.8 Å². The summed E-state index contributed by atoms with van der Waals surface area (Å²) in [5.74, 6) is -3.32. The smallest absolute Gasteiger partial charge is 0.347 e. The van der Waals surface area contributed by atoms with Gasteiger partial charge < -0.3 is 14.6 Å². The molecule has 18 heavy (non-hydrogen) atoms. The van der Waals surface area contributed by atoms with Crippen molar-refractivity contribution in [1.29, 1.82) is 0 Å². The Hall–Kier alpha value is -1.69. The molecule has 0 saturated heterocycles. The van der Waals surface area contributed by atoms with Crippen LogP contribution in [0, 0.1) is 11.6 Å². The molecule has 0 spiro atoms. The van der Waals surface area contributed by atoms with Gasteiger partial charge in [0, 0.05) is 0 Å². The molecule has 1 aromatic rings. The van der Waals surface area contributed by atoms with Gasteiger partial charge in [0.05, 0.1) is 13.2 Å². The molecule has 0 radical (unpaired) electrons. The maximum Gasteiger partial charge on any atom is 0.347 e. The molecule has 0 fully saturated rings. The number of aliphatic hydroxyl groups is 1. The van der Waals surface area contributed by atoms with E-state index in [-0.39, 0.29) is 12.2 Å². The third-order valence-electron chi connectivity index (χ3n) is 2.15. The number of carbonyl (C=O) groups excluding carboxylic acids is 1. The number of hydrogen-bond acceptors (Lipinski definition) is 4. The number of rotatable bonds is 5. The largest absolute Gasteiger partial charge is 0.473 e. The summed E-state index contributed by atoms with van der Waals surface area (Å²) < 4.78 is 36.5. The molecule has 100 valence electrons. The van der Waals surface area contributed by atoms with Gasteiger partial charge in [-0.05, 0) is 31.5 Å². The quantitative estimate of drug-likeness (QED) is 0.820. The Kier molecular flexibility index (Phi) is 5.03. The van der Waals surface area contributed by atoms with Crippen LogP contribution in [0.5, 0.6) is 5.75 Å². The second kappa shape index (κ2) is 6.30. The van der Waals surface area contributed by atoms with E-state index in [4.69, 9.17) is 9.84 Å². The summed E-state index contributed by atoms with van der Waals surface area (Å²) in [6.45, 7) is 2.61. The molecule has 1 rings (SSSR count). The molecule has 0 heterocycles. The first kappa shape index (κ1) is 14.4. The first-order valence-electron chi connectivity index (χ1n) is 5.41. The second-order valence-electron chi connectivity index (χ2n) is 3.56. The van der Waals surface area contributed by atoms with Crippen LogP contribution in [0.4, 0.5) is 8.78 Å². The van der Waals surface area contributed by atoms with Gasteiger partial charge in [0.2, 0.25) is 0 Å². The zero-order chi connectivity index (χ0) is 13.7. The highest BCUT2D eigenvalue weighted by atomic mass is 19.1. The molecule has 0 aliphatic rings. The van der Waals surface area contributed by atoms with Crippen LogP contribution >= 0.6 is 0 Å². The molecule has 1 atom stereocenters. The minimum absolute atomic E-state index is 0.0844. The lowest BCUT2D eigenvalue weighted by molar-refractivity contribution is -0.150. The lowest BCUT2D eigenvalue weighted by atomic mass is 10.2. The molecule has 0 amide bonds. The number of esters is 1. The number of ether oxygens (including phenoxy) is 2. The van der Waals surface area contributed by atoms with Crippen molar-refractivity contribution < 1.29 is 28.2 Å². The fourth-order valence-electron chi connectivity index (χ4n) is 1.30. The Labute approximate surface area is 103 Å². The lowest BCUT2D eigenvalue weighted by Crippen LogP contribution is -2.26. The highest BCUT2D eigenvalue weighted by molar-refractivity contribution is 5.74. The Bertz CT molecular complexity index is 411. The summed E-state index contributed by atoms with van der Waals surface area (Å²) in [4.78, 5) is 11.3. The molecule has 0 saturated carbocycles. The van der Waals surface area contributed by atoms with Gasteiger partial charge in [0.1, 0.15) is 0 Å². The summed E-state index contributed by atoms with van der Waals surface area (Å²) in [6, 6.07) is 1.88. The molecule has 1 aromatic carbocycles. The van der Waals surface area contributed by atoms with Crippen molar-refractivity contribution in [3.05, 3.63) is 29.3 Å². The Morgan fingerprint density at radius 2 is 1.94 bits per heavy atom. The molecule has 0 aromatic heterocycles. The van der Waals surface area contributed by atoms with E-state index in [1.807, 2.05) is 0 Å². The van der Waals surface area contributed by atoms with E-state index in [0.29, 0.717) is 0 Å². The lowest BCUT2D eigenvalue weighted by Gasteiger charge is -2.14. The molecule has 4 nitrogen and oxygen atoms in total. The number of aliphatic hydroxyl groups excluding tert-OH is 1. The monoisotopic (exact) mass is 260 g/mol. The average Bonchev–Trinajstić information content (AvgIpc) is 2.33. The van der Waals surface area contributed by atoms with E-state index in [1.54, 1.807) is 6.92 Å². The molecule has 0 aliphatic heterocycles. The zero-order valence-electron chi connectivity index (χ0n) is 10.1. The summed E-state index contributed by atoms with van der Waals surface area (Å²) >= 11 is 0. The summed E-state index contributed by atoms with van der Waals surface area (Å²) in [6.07, 6.45) is -1.12. The first-order valence-corrected chi connectivity index (χ1v) is 5.41. The maximum atomic E-state index is 13.5. The van der Waals surface area contributed by atoms with E-state index in [2.05, 4.69) is 4.74 Å². The summed E-state index contributed by atoms with van der Waals surface area (Å²) in [5, 5.41) is 8.77. The highest BCUT2D eigenvalue weighted by Crippen LogP contribution is 2.24. The number of hydrogen-bond donors (Lipinski definition) is 1. The van der Waals surface area contributed by atoms with Crippen molar-refractivity contribution in [2.24, 2.45) is 0 Å².